The topological polar surface area (TPSA) is 43.1 Å². The summed E-state index contributed by atoms with van der Waals surface area (Å²) in [5.41, 5.74) is 5.68. The maximum atomic E-state index is 13.0. The Morgan fingerprint density at radius 1 is 1.58 bits per heavy atom. The van der Waals surface area contributed by atoms with E-state index in [1.807, 2.05) is 6.92 Å². The molecule has 0 heterocycles. The first-order chi connectivity index (χ1) is 5.66. The normalized spacial score (nSPS) is 9.83. The second-order valence-corrected chi connectivity index (χ2v) is 2.49. The molecular weight excluding hydrogens is 157 g/mol. The van der Waals surface area contributed by atoms with E-state index in [2.05, 4.69) is 0 Å². The smallest absolute Gasteiger partial charge is 0.251 e. The number of carbonyl (C=O) groups excluding carboxylic acids is 1. The third-order valence-electron chi connectivity index (χ3n) is 1.73. The molecule has 1 aromatic carbocycles. The number of hydrogen-bond donors (Lipinski definition) is 1. The van der Waals surface area contributed by atoms with E-state index in [-0.39, 0.29) is 5.56 Å². The van der Waals surface area contributed by atoms with Crippen LogP contribution in [0.1, 0.15) is 22.8 Å². The van der Waals surface area contributed by atoms with Gasteiger partial charge in [-0.25, -0.2) is 4.39 Å². The van der Waals surface area contributed by atoms with Crippen LogP contribution in [-0.4, -0.2) is 5.91 Å². The maximum absolute atomic E-state index is 13.0. The zero-order valence-corrected chi connectivity index (χ0v) is 6.80. The molecule has 1 rings (SSSR count). The highest BCUT2D eigenvalue weighted by Crippen LogP contribution is 2.12. The number of nitrogens with two attached hydrogens (primary N) is 1. The van der Waals surface area contributed by atoms with E-state index in [1.165, 1.54) is 6.07 Å². The third kappa shape index (κ3) is 1.44. The first-order valence-corrected chi connectivity index (χ1v) is 3.74. The predicted octanol–water partition coefficient (Wildman–Crippen LogP) is 1.49. The van der Waals surface area contributed by atoms with E-state index in [4.69, 9.17) is 5.73 Å². The van der Waals surface area contributed by atoms with Crippen molar-refractivity contribution >= 4 is 5.91 Å². The van der Waals surface area contributed by atoms with Gasteiger partial charge in [-0.3, -0.25) is 4.79 Å². The van der Waals surface area contributed by atoms with E-state index >= 15 is 0 Å². The molecule has 1 amide bonds. The van der Waals surface area contributed by atoms with Gasteiger partial charge in [-0.2, -0.15) is 0 Å². The van der Waals surface area contributed by atoms with Crippen LogP contribution in [0.25, 0.3) is 0 Å². The minimum atomic E-state index is -0.704. The van der Waals surface area contributed by atoms with Gasteiger partial charge < -0.3 is 5.73 Å². The van der Waals surface area contributed by atoms with Crippen LogP contribution in [0.15, 0.2) is 18.2 Å². The van der Waals surface area contributed by atoms with Crippen LogP contribution in [0.3, 0.4) is 0 Å². The average Bonchev–Trinajstić information content (AvgIpc) is 2.03. The lowest BCUT2D eigenvalue weighted by molar-refractivity contribution is 0.0995. The summed E-state index contributed by atoms with van der Waals surface area (Å²) in [6, 6.07) is 4.50. The zero-order chi connectivity index (χ0) is 9.14. The van der Waals surface area contributed by atoms with Gasteiger partial charge >= 0.3 is 0 Å². The van der Waals surface area contributed by atoms with Crippen LogP contribution < -0.4 is 5.73 Å². The Kier molecular flexibility index (Phi) is 2.43. The fourth-order valence-corrected chi connectivity index (χ4v) is 1.14. The van der Waals surface area contributed by atoms with Crippen LogP contribution >= 0.6 is 0 Å². The third-order valence-corrected chi connectivity index (χ3v) is 1.73. The lowest BCUT2D eigenvalue weighted by Gasteiger charge is -2.03. The van der Waals surface area contributed by atoms with Gasteiger partial charge in [-0.05, 0) is 18.1 Å². The average molecular weight is 167 g/mol. The Morgan fingerprint density at radius 2 is 2.25 bits per heavy atom. The summed E-state index contributed by atoms with van der Waals surface area (Å²) in [5, 5.41) is 0. The molecule has 1 aromatic rings. The van der Waals surface area contributed by atoms with E-state index in [1.54, 1.807) is 12.1 Å². The molecule has 12 heavy (non-hydrogen) atoms. The molecule has 0 atom stereocenters. The van der Waals surface area contributed by atoms with Crippen LogP contribution in [-0.2, 0) is 6.42 Å². The van der Waals surface area contributed by atoms with E-state index in [9.17, 15) is 9.18 Å². The van der Waals surface area contributed by atoms with Crippen molar-refractivity contribution in [2.24, 2.45) is 5.73 Å². The summed E-state index contributed by atoms with van der Waals surface area (Å²) in [6.07, 6.45) is 0.607. The van der Waals surface area contributed by atoms with Crippen molar-refractivity contribution in [3.63, 3.8) is 0 Å². The van der Waals surface area contributed by atoms with Gasteiger partial charge in [0.25, 0.3) is 5.91 Å². The highest BCUT2D eigenvalue weighted by Gasteiger charge is 2.11. The lowest BCUT2D eigenvalue weighted by Crippen LogP contribution is -2.15. The van der Waals surface area contributed by atoms with Crippen molar-refractivity contribution in [2.75, 3.05) is 0 Å². The first kappa shape index (κ1) is 8.71. The molecule has 0 aliphatic rings. The Hall–Kier alpha value is -1.38. The number of rotatable bonds is 2. The summed E-state index contributed by atoms with van der Waals surface area (Å²) in [5.74, 6) is -1.24. The van der Waals surface area contributed by atoms with E-state index in [0.29, 0.717) is 12.0 Å². The Bertz CT molecular complexity index is 309. The van der Waals surface area contributed by atoms with Gasteiger partial charge in [0.2, 0.25) is 0 Å². The van der Waals surface area contributed by atoms with Gasteiger partial charge in [-0.1, -0.05) is 19.1 Å². The van der Waals surface area contributed by atoms with Gasteiger partial charge in [0.15, 0.2) is 0 Å². The molecule has 0 saturated heterocycles. The second-order valence-electron chi connectivity index (χ2n) is 2.49. The number of carbonyl (C=O) groups is 1. The second kappa shape index (κ2) is 3.34. The highest BCUT2D eigenvalue weighted by atomic mass is 19.1. The molecular formula is C9H10FNO. The van der Waals surface area contributed by atoms with Crippen molar-refractivity contribution in [3.8, 4) is 0 Å². The van der Waals surface area contributed by atoms with Crippen LogP contribution in [0, 0.1) is 5.82 Å². The summed E-state index contributed by atoms with van der Waals surface area (Å²) in [4.78, 5) is 10.8. The minimum Gasteiger partial charge on any atom is -0.365 e. The standard InChI is InChI=1S/C9H10FNO/c1-2-6-4-3-5-7(10)8(6)9(11)12/h3-5H,2H2,1H3,(H2,11,12). The SMILES string of the molecule is CCc1cccc(F)c1C(N)=O. The highest BCUT2D eigenvalue weighted by molar-refractivity contribution is 5.94. The summed E-state index contributed by atoms with van der Waals surface area (Å²) < 4.78 is 13.0. The van der Waals surface area contributed by atoms with Crippen LogP contribution in [0.5, 0.6) is 0 Å². The van der Waals surface area contributed by atoms with E-state index < -0.39 is 11.7 Å². The molecule has 0 bridgehead atoms. The molecule has 64 valence electrons. The van der Waals surface area contributed by atoms with Crippen molar-refractivity contribution < 1.29 is 9.18 Å². The molecule has 0 aliphatic carbocycles. The summed E-state index contributed by atoms with van der Waals surface area (Å²) >= 11 is 0. The number of amides is 1. The molecule has 0 fully saturated rings. The van der Waals surface area contributed by atoms with Gasteiger partial charge in [0.05, 0.1) is 5.56 Å². The summed E-state index contributed by atoms with van der Waals surface area (Å²) in [7, 11) is 0. The van der Waals surface area contributed by atoms with Crippen molar-refractivity contribution in [1.82, 2.24) is 0 Å². The molecule has 2 nitrogen and oxygen atoms in total. The Balaban J connectivity index is 3.29. The zero-order valence-electron chi connectivity index (χ0n) is 6.80. The fourth-order valence-electron chi connectivity index (χ4n) is 1.14. The predicted molar refractivity (Wildman–Crippen MR) is 44.3 cm³/mol. The van der Waals surface area contributed by atoms with Gasteiger partial charge in [0, 0.05) is 0 Å². The van der Waals surface area contributed by atoms with Gasteiger partial charge in [-0.15, -0.1) is 0 Å². The van der Waals surface area contributed by atoms with E-state index in [0.717, 1.165) is 0 Å². The molecule has 0 spiro atoms. The summed E-state index contributed by atoms with van der Waals surface area (Å²) in [6.45, 7) is 1.85. The number of benzene rings is 1. The number of hydrogen-bond acceptors (Lipinski definition) is 1. The molecule has 0 aliphatic heterocycles. The molecule has 0 unspecified atom stereocenters. The quantitative estimate of drug-likeness (QED) is 0.712. The lowest BCUT2D eigenvalue weighted by atomic mass is 10.0. The molecule has 0 saturated carbocycles. The molecule has 0 aromatic heterocycles. The van der Waals surface area contributed by atoms with Gasteiger partial charge in [0.1, 0.15) is 5.82 Å². The Labute approximate surface area is 70.2 Å². The molecule has 2 N–H and O–H groups in total. The largest absolute Gasteiger partial charge is 0.365 e. The fraction of sp³-hybridized carbons (Fsp3) is 0.222. The first-order valence-electron chi connectivity index (χ1n) is 3.74. The monoisotopic (exact) mass is 167 g/mol. The molecule has 3 heteroatoms. The number of halogens is 1. The minimum absolute atomic E-state index is 0.0139. The van der Waals surface area contributed by atoms with Crippen LogP contribution in [0.4, 0.5) is 4.39 Å². The Morgan fingerprint density at radius 3 is 2.67 bits per heavy atom. The van der Waals surface area contributed by atoms with Crippen molar-refractivity contribution in [1.29, 1.82) is 0 Å². The molecule has 0 radical (unpaired) electrons. The maximum Gasteiger partial charge on any atom is 0.251 e. The van der Waals surface area contributed by atoms with Crippen LogP contribution in [0.2, 0.25) is 0 Å². The van der Waals surface area contributed by atoms with Crippen molar-refractivity contribution in [2.45, 2.75) is 13.3 Å². The number of aryl methyl sites for hydroxylation is 1. The number of primary amides is 1. The van der Waals surface area contributed by atoms with Crippen molar-refractivity contribution in [3.05, 3.63) is 35.1 Å².